The molecule has 0 spiro atoms. The van der Waals surface area contributed by atoms with Crippen LogP contribution >= 0.6 is 11.8 Å². The third-order valence-electron chi connectivity index (χ3n) is 3.34. The molecule has 0 saturated carbocycles. The molecule has 0 aliphatic heterocycles. The number of aryl methyl sites for hydroxylation is 1. The lowest BCUT2D eigenvalue weighted by molar-refractivity contribution is 0.239. The summed E-state index contributed by atoms with van der Waals surface area (Å²) in [4.78, 5) is 11.5. The van der Waals surface area contributed by atoms with Gasteiger partial charge in [0.05, 0.1) is 6.54 Å². The predicted molar refractivity (Wildman–Crippen MR) is 89.5 cm³/mol. The molecule has 1 rings (SSSR count). The summed E-state index contributed by atoms with van der Waals surface area (Å²) in [5, 5.41) is 3.34. The van der Waals surface area contributed by atoms with Crippen molar-refractivity contribution in [3.63, 3.8) is 0 Å². The van der Waals surface area contributed by atoms with Crippen LogP contribution in [0, 0.1) is 6.92 Å². The van der Waals surface area contributed by atoms with Crippen molar-refractivity contribution < 1.29 is 0 Å². The lowest BCUT2D eigenvalue weighted by Crippen LogP contribution is -2.30. The molecule has 1 aromatic rings. The number of hydrogen-bond acceptors (Lipinski definition) is 5. The first kappa shape index (κ1) is 17.2. The van der Waals surface area contributed by atoms with E-state index in [1.54, 1.807) is 0 Å². The summed E-state index contributed by atoms with van der Waals surface area (Å²) >= 11 is 1.90. The van der Waals surface area contributed by atoms with Crippen molar-refractivity contribution in [1.82, 2.24) is 14.9 Å². The first-order chi connectivity index (χ1) is 9.56. The van der Waals surface area contributed by atoms with Crippen LogP contribution in [0.3, 0.4) is 0 Å². The van der Waals surface area contributed by atoms with Gasteiger partial charge >= 0.3 is 0 Å². The van der Waals surface area contributed by atoms with E-state index in [9.17, 15) is 0 Å². The van der Waals surface area contributed by atoms with Crippen LogP contribution in [0.25, 0.3) is 0 Å². The van der Waals surface area contributed by atoms with E-state index < -0.39 is 0 Å². The second-order valence-electron chi connectivity index (χ2n) is 5.28. The summed E-state index contributed by atoms with van der Waals surface area (Å²) in [5.41, 5.74) is 1.03. The van der Waals surface area contributed by atoms with Crippen molar-refractivity contribution in [3.05, 3.63) is 17.6 Å². The van der Waals surface area contributed by atoms with E-state index in [0.717, 1.165) is 36.8 Å². The van der Waals surface area contributed by atoms with Crippen LogP contribution in [-0.2, 0) is 6.54 Å². The van der Waals surface area contributed by atoms with E-state index in [4.69, 9.17) is 0 Å². The van der Waals surface area contributed by atoms with Gasteiger partial charge in [0, 0.05) is 24.3 Å². The maximum Gasteiger partial charge on any atom is 0.144 e. The molecule has 0 aliphatic rings. The lowest BCUT2D eigenvalue weighted by Gasteiger charge is -2.24. The Balaban J connectivity index is 2.63. The van der Waals surface area contributed by atoms with Crippen LogP contribution in [0.4, 0.5) is 5.82 Å². The Hall–Kier alpha value is -0.810. The Kier molecular flexibility index (Phi) is 7.92. The molecule has 4 nitrogen and oxygen atoms in total. The van der Waals surface area contributed by atoms with Crippen LogP contribution < -0.4 is 5.32 Å². The van der Waals surface area contributed by atoms with Crippen LogP contribution in [0.1, 0.15) is 38.2 Å². The van der Waals surface area contributed by atoms with E-state index in [2.05, 4.69) is 47.3 Å². The van der Waals surface area contributed by atoms with Crippen LogP contribution in [0.5, 0.6) is 0 Å². The zero-order chi connectivity index (χ0) is 15.0. The summed E-state index contributed by atoms with van der Waals surface area (Å²) in [6, 6.07) is 2.56. The molecule has 0 fully saturated rings. The van der Waals surface area contributed by atoms with Gasteiger partial charge in [-0.3, -0.25) is 4.90 Å². The van der Waals surface area contributed by atoms with Crippen molar-refractivity contribution in [2.24, 2.45) is 0 Å². The molecule has 114 valence electrons. The molecule has 20 heavy (non-hydrogen) atoms. The van der Waals surface area contributed by atoms with Crippen molar-refractivity contribution >= 4 is 17.6 Å². The van der Waals surface area contributed by atoms with Gasteiger partial charge in [0.1, 0.15) is 11.6 Å². The Labute approximate surface area is 127 Å². The highest BCUT2D eigenvalue weighted by molar-refractivity contribution is 7.98. The maximum absolute atomic E-state index is 4.60. The summed E-state index contributed by atoms with van der Waals surface area (Å²) in [7, 11) is 2.15. The molecule has 0 saturated heterocycles. The highest BCUT2D eigenvalue weighted by atomic mass is 32.2. The molecule has 0 radical (unpaired) electrons. The molecule has 0 amide bonds. The highest BCUT2D eigenvalue weighted by Gasteiger charge is 2.11. The van der Waals surface area contributed by atoms with Crippen molar-refractivity contribution in [2.75, 3.05) is 30.9 Å². The number of nitrogens with zero attached hydrogens (tertiary/aromatic N) is 3. The molecular formula is C15H28N4S. The van der Waals surface area contributed by atoms with E-state index in [1.165, 1.54) is 12.2 Å². The van der Waals surface area contributed by atoms with Gasteiger partial charge in [-0.05, 0) is 45.7 Å². The Bertz CT molecular complexity index is 397. The standard InChI is InChI=1S/C15H28N4S/c1-6-8-16-14-10-12(2)17-15(18-14)11-19(4)13(3)7-9-20-5/h10,13H,6-9,11H2,1-5H3,(H,16,17,18). The van der Waals surface area contributed by atoms with Crippen LogP contribution in [0.2, 0.25) is 0 Å². The van der Waals surface area contributed by atoms with Gasteiger partial charge in [-0.2, -0.15) is 11.8 Å². The SMILES string of the molecule is CCCNc1cc(C)nc(CN(C)C(C)CCSC)n1. The van der Waals surface area contributed by atoms with Crippen LogP contribution in [0.15, 0.2) is 6.07 Å². The van der Waals surface area contributed by atoms with Crippen LogP contribution in [-0.4, -0.2) is 46.5 Å². The topological polar surface area (TPSA) is 41.1 Å². The van der Waals surface area contributed by atoms with Gasteiger partial charge < -0.3 is 5.32 Å². The number of anilines is 1. The molecule has 0 aliphatic carbocycles. The molecule has 1 atom stereocenters. The van der Waals surface area contributed by atoms with E-state index in [0.29, 0.717) is 6.04 Å². The zero-order valence-electron chi connectivity index (χ0n) is 13.4. The molecule has 1 N–H and O–H groups in total. The number of thioether (sulfide) groups is 1. The van der Waals surface area contributed by atoms with E-state index in [1.807, 2.05) is 24.8 Å². The quantitative estimate of drug-likeness (QED) is 0.758. The fourth-order valence-electron chi connectivity index (χ4n) is 1.93. The largest absolute Gasteiger partial charge is 0.370 e. The third kappa shape index (κ3) is 6.09. The number of aromatic nitrogens is 2. The fraction of sp³-hybridized carbons (Fsp3) is 0.733. The minimum absolute atomic E-state index is 0.554. The summed E-state index contributed by atoms with van der Waals surface area (Å²) in [6.45, 7) is 8.21. The van der Waals surface area contributed by atoms with Gasteiger partial charge in [0.25, 0.3) is 0 Å². The Morgan fingerprint density at radius 3 is 2.80 bits per heavy atom. The average Bonchev–Trinajstić information content (AvgIpc) is 2.41. The smallest absolute Gasteiger partial charge is 0.144 e. The average molecular weight is 296 g/mol. The summed E-state index contributed by atoms with van der Waals surface area (Å²) in [6.07, 6.45) is 4.45. The normalized spacial score (nSPS) is 12.7. The minimum atomic E-state index is 0.554. The van der Waals surface area contributed by atoms with Gasteiger partial charge in [-0.25, -0.2) is 9.97 Å². The molecular weight excluding hydrogens is 268 g/mol. The second kappa shape index (κ2) is 9.19. The lowest BCUT2D eigenvalue weighted by atomic mass is 10.2. The van der Waals surface area contributed by atoms with Gasteiger partial charge in [-0.15, -0.1) is 0 Å². The second-order valence-corrected chi connectivity index (χ2v) is 6.27. The monoisotopic (exact) mass is 296 g/mol. The first-order valence-corrected chi connectivity index (χ1v) is 8.73. The summed E-state index contributed by atoms with van der Waals surface area (Å²) < 4.78 is 0. The molecule has 0 aromatic carbocycles. The van der Waals surface area contributed by atoms with Crippen molar-refractivity contribution in [2.45, 2.75) is 46.2 Å². The Morgan fingerprint density at radius 1 is 1.40 bits per heavy atom. The van der Waals surface area contributed by atoms with Crippen molar-refractivity contribution in [1.29, 1.82) is 0 Å². The minimum Gasteiger partial charge on any atom is -0.370 e. The molecule has 1 aromatic heterocycles. The third-order valence-corrected chi connectivity index (χ3v) is 3.98. The maximum atomic E-state index is 4.60. The fourth-order valence-corrected chi connectivity index (χ4v) is 2.51. The van der Waals surface area contributed by atoms with Crippen molar-refractivity contribution in [3.8, 4) is 0 Å². The number of nitrogens with one attached hydrogen (secondary N) is 1. The molecule has 1 heterocycles. The Morgan fingerprint density at radius 2 is 2.15 bits per heavy atom. The first-order valence-electron chi connectivity index (χ1n) is 7.34. The molecule has 0 bridgehead atoms. The molecule has 5 heteroatoms. The van der Waals surface area contributed by atoms with Gasteiger partial charge in [0.15, 0.2) is 0 Å². The van der Waals surface area contributed by atoms with Gasteiger partial charge in [-0.1, -0.05) is 6.92 Å². The zero-order valence-corrected chi connectivity index (χ0v) is 14.3. The number of rotatable bonds is 9. The predicted octanol–water partition coefficient (Wildman–Crippen LogP) is 3.18. The van der Waals surface area contributed by atoms with E-state index in [-0.39, 0.29) is 0 Å². The number of hydrogen-bond donors (Lipinski definition) is 1. The highest BCUT2D eigenvalue weighted by Crippen LogP contribution is 2.11. The summed E-state index contributed by atoms with van der Waals surface area (Å²) in [5.74, 6) is 3.05. The van der Waals surface area contributed by atoms with E-state index >= 15 is 0 Å². The van der Waals surface area contributed by atoms with Gasteiger partial charge in [0.2, 0.25) is 0 Å². The molecule has 1 unspecified atom stereocenters.